The number of ether oxygens (including phenoxy) is 1. The molecule has 1 aromatic heterocycles. The lowest BCUT2D eigenvalue weighted by molar-refractivity contribution is 0.0601. The van der Waals surface area contributed by atoms with Crippen LogP contribution in [0.25, 0.3) is 22.3 Å². The molecule has 24 heavy (non-hydrogen) atoms. The lowest BCUT2D eigenvalue weighted by Gasteiger charge is -2.17. The summed E-state index contributed by atoms with van der Waals surface area (Å²) in [6.45, 7) is 3.90. The fourth-order valence-electron chi connectivity index (χ4n) is 2.71. The summed E-state index contributed by atoms with van der Waals surface area (Å²) in [5, 5.41) is 0.482. The smallest absolute Gasteiger partial charge is 0.337 e. The van der Waals surface area contributed by atoms with E-state index in [0.717, 1.165) is 5.56 Å². The Kier molecular flexibility index (Phi) is 4.16. The summed E-state index contributed by atoms with van der Waals surface area (Å²) in [7, 11) is 1.33. The summed E-state index contributed by atoms with van der Waals surface area (Å²) in [4.78, 5) is 29.3. The van der Waals surface area contributed by atoms with Gasteiger partial charge in [-0.25, -0.2) is 9.78 Å². The van der Waals surface area contributed by atoms with E-state index >= 15 is 0 Å². The molecule has 2 aromatic carbocycles. The van der Waals surface area contributed by atoms with E-state index in [1.807, 2.05) is 44.2 Å². The second-order valence-corrected chi connectivity index (χ2v) is 5.79. The van der Waals surface area contributed by atoms with E-state index in [-0.39, 0.29) is 11.6 Å². The molecule has 0 amide bonds. The molecule has 5 heteroatoms. The number of esters is 1. The van der Waals surface area contributed by atoms with Crippen LogP contribution in [0.15, 0.2) is 53.3 Å². The number of rotatable bonds is 3. The third-order valence-corrected chi connectivity index (χ3v) is 3.87. The van der Waals surface area contributed by atoms with Gasteiger partial charge in [-0.05, 0) is 32.0 Å². The number of hydrogen-bond donors (Lipinski definition) is 0. The molecule has 3 rings (SSSR count). The first-order chi connectivity index (χ1) is 11.5. The van der Waals surface area contributed by atoms with E-state index in [4.69, 9.17) is 4.74 Å². The van der Waals surface area contributed by atoms with Crippen LogP contribution in [0.4, 0.5) is 0 Å². The van der Waals surface area contributed by atoms with Crippen LogP contribution in [0.3, 0.4) is 0 Å². The molecule has 0 aliphatic carbocycles. The quantitative estimate of drug-likeness (QED) is 0.693. The standard InChI is InChI=1S/C19H18N2O3/c1-12(2)21-17(13-7-5-4-6-8-13)20-16-11-14(19(23)24-3)9-10-15(16)18(21)22/h4-12H,1-3H3. The molecule has 0 radical (unpaired) electrons. The number of aromatic nitrogens is 2. The van der Waals surface area contributed by atoms with Crippen LogP contribution < -0.4 is 5.56 Å². The molecule has 0 unspecified atom stereocenters. The summed E-state index contributed by atoms with van der Waals surface area (Å²) < 4.78 is 6.42. The minimum absolute atomic E-state index is 0.0371. The molecule has 122 valence electrons. The molecule has 0 bridgehead atoms. The number of carbonyl (C=O) groups is 1. The topological polar surface area (TPSA) is 61.2 Å². The van der Waals surface area contributed by atoms with Crippen molar-refractivity contribution in [3.63, 3.8) is 0 Å². The van der Waals surface area contributed by atoms with Gasteiger partial charge >= 0.3 is 5.97 Å². The number of methoxy groups -OCH3 is 1. The lowest BCUT2D eigenvalue weighted by Crippen LogP contribution is -2.25. The molecule has 3 aromatic rings. The number of nitrogens with zero attached hydrogens (tertiary/aromatic N) is 2. The molecule has 0 spiro atoms. The van der Waals surface area contributed by atoms with Gasteiger partial charge in [0.2, 0.25) is 0 Å². The van der Waals surface area contributed by atoms with Crippen LogP contribution in [-0.4, -0.2) is 22.6 Å². The van der Waals surface area contributed by atoms with Crippen molar-refractivity contribution in [1.82, 2.24) is 9.55 Å². The minimum Gasteiger partial charge on any atom is -0.465 e. The van der Waals surface area contributed by atoms with Crippen molar-refractivity contribution in [2.45, 2.75) is 19.9 Å². The van der Waals surface area contributed by atoms with Crippen molar-refractivity contribution in [3.05, 3.63) is 64.4 Å². The van der Waals surface area contributed by atoms with Crippen LogP contribution in [0.1, 0.15) is 30.2 Å². The predicted molar refractivity (Wildman–Crippen MR) is 93.2 cm³/mol. The van der Waals surface area contributed by atoms with Crippen LogP contribution in [-0.2, 0) is 4.74 Å². The molecule has 0 aliphatic heterocycles. The summed E-state index contributed by atoms with van der Waals surface area (Å²) in [5.41, 5.74) is 1.59. The molecule has 0 fully saturated rings. The summed E-state index contributed by atoms with van der Waals surface area (Å²) in [6, 6.07) is 14.3. The maximum absolute atomic E-state index is 12.9. The SMILES string of the molecule is COC(=O)c1ccc2c(=O)n(C(C)C)c(-c3ccccc3)nc2c1. The van der Waals surface area contributed by atoms with Crippen LogP contribution in [0, 0.1) is 0 Å². The van der Waals surface area contributed by atoms with Crippen molar-refractivity contribution >= 4 is 16.9 Å². The van der Waals surface area contributed by atoms with E-state index in [9.17, 15) is 9.59 Å². The van der Waals surface area contributed by atoms with Crippen molar-refractivity contribution in [1.29, 1.82) is 0 Å². The lowest BCUT2D eigenvalue weighted by atomic mass is 10.1. The summed E-state index contributed by atoms with van der Waals surface area (Å²) in [5.74, 6) is 0.137. The third kappa shape index (κ3) is 2.69. The Morgan fingerprint density at radius 3 is 2.46 bits per heavy atom. The Morgan fingerprint density at radius 1 is 1.12 bits per heavy atom. The Labute approximate surface area is 139 Å². The van der Waals surface area contributed by atoms with Gasteiger partial charge in [0.1, 0.15) is 5.82 Å². The number of fused-ring (bicyclic) bond motifs is 1. The van der Waals surface area contributed by atoms with Gasteiger partial charge in [0.25, 0.3) is 5.56 Å². The molecular formula is C19H18N2O3. The monoisotopic (exact) mass is 322 g/mol. The van der Waals surface area contributed by atoms with E-state index in [0.29, 0.717) is 22.3 Å². The molecule has 0 N–H and O–H groups in total. The van der Waals surface area contributed by atoms with Gasteiger partial charge in [0, 0.05) is 11.6 Å². The van der Waals surface area contributed by atoms with Gasteiger partial charge in [0.05, 0.1) is 23.6 Å². The van der Waals surface area contributed by atoms with E-state index in [1.165, 1.54) is 7.11 Å². The first-order valence-corrected chi connectivity index (χ1v) is 7.73. The third-order valence-electron chi connectivity index (χ3n) is 3.87. The van der Waals surface area contributed by atoms with Crippen LogP contribution in [0.5, 0.6) is 0 Å². The van der Waals surface area contributed by atoms with Crippen molar-refractivity contribution in [3.8, 4) is 11.4 Å². The van der Waals surface area contributed by atoms with Gasteiger partial charge in [-0.2, -0.15) is 0 Å². The molecule has 0 saturated carbocycles. The van der Waals surface area contributed by atoms with Gasteiger partial charge in [-0.15, -0.1) is 0 Å². The van der Waals surface area contributed by atoms with E-state index in [1.54, 1.807) is 22.8 Å². The highest BCUT2D eigenvalue weighted by molar-refractivity contribution is 5.94. The number of carbonyl (C=O) groups excluding carboxylic acids is 1. The molecular weight excluding hydrogens is 304 g/mol. The van der Waals surface area contributed by atoms with Crippen LogP contribution >= 0.6 is 0 Å². The molecule has 0 aliphatic rings. The Morgan fingerprint density at radius 2 is 1.83 bits per heavy atom. The van der Waals surface area contributed by atoms with E-state index < -0.39 is 5.97 Å². The zero-order valence-corrected chi connectivity index (χ0v) is 13.8. The average Bonchev–Trinajstić information content (AvgIpc) is 2.60. The largest absolute Gasteiger partial charge is 0.465 e. The highest BCUT2D eigenvalue weighted by Crippen LogP contribution is 2.22. The number of benzene rings is 2. The summed E-state index contributed by atoms with van der Waals surface area (Å²) >= 11 is 0. The van der Waals surface area contributed by atoms with Gasteiger partial charge < -0.3 is 4.74 Å². The fourth-order valence-corrected chi connectivity index (χ4v) is 2.71. The Hall–Kier alpha value is -2.95. The normalized spacial score (nSPS) is 11.0. The molecule has 1 heterocycles. The summed E-state index contributed by atoms with van der Waals surface area (Å²) in [6.07, 6.45) is 0. The maximum atomic E-state index is 12.9. The minimum atomic E-state index is -0.451. The van der Waals surface area contributed by atoms with Crippen LogP contribution in [0.2, 0.25) is 0 Å². The van der Waals surface area contributed by atoms with Gasteiger partial charge in [-0.1, -0.05) is 30.3 Å². The highest BCUT2D eigenvalue weighted by atomic mass is 16.5. The van der Waals surface area contributed by atoms with Crippen molar-refractivity contribution in [2.24, 2.45) is 0 Å². The van der Waals surface area contributed by atoms with Gasteiger partial charge in [-0.3, -0.25) is 9.36 Å². The molecule has 0 saturated heterocycles. The zero-order chi connectivity index (χ0) is 17.3. The zero-order valence-electron chi connectivity index (χ0n) is 13.8. The first-order valence-electron chi connectivity index (χ1n) is 7.73. The second-order valence-electron chi connectivity index (χ2n) is 5.79. The fraction of sp³-hybridized carbons (Fsp3) is 0.211. The number of hydrogen-bond acceptors (Lipinski definition) is 4. The van der Waals surface area contributed by atoms with Crippen molar-refractivity contribution < 1.29 is 9.53 Å². The Bertz CT molecular complexity index is 960. The molecule has 0 atom stereocenters. The Balaban J connectivity index is 2.35. The second kappa shape index (κ2) is 6.28. The molecule has 5 nitrogen and oxygen atoms in total. The first kappa shape index (κ1) is 15.9. The van der Waals surface area contributed by atoms with Gasteiger partial charge in [0.15, 0.2) is 0 Å². The highest BCUT2D eigenvalue weighted by Gasteiger charge is 2.16. The maximum Gasteiger partial charge on any atom is 0.337 e. The van der Waals surface area contributed by atoms with E-state index in [2.05, 4.69) is 4.98 Å². The predicted octanol–water partition coefficient (Wildman–Crippen LogP) is 3.43. The average molecular weight is 322 g/mol. The van der Waals surface area contributed by atoms with Crippen molar-refractivity contribution in [2.75, 3.05) is 7.11 Å².